The van der Waals surface area contributed by atoms with Gasteiger partial charge in [-0.05, 0) is 0 Å². The van der Waals surface area contributed by atoms with Crippen molar-refractivity contribution in [2.75, 3.05) is 13.1 Å². The summed E-state index contributed by atoms with van der Waals surface area (Å²) in [6.07, 6.45) is 0.722. The Morgan fingerprint density at radius 1 is 0.875 bits per heavy atom. The molecule has 0 aliphatic rings. The van der Waals surface area contributed by atoms with Crippen LogP contribution in [0.3, 0.4) is 0 Å². The van der Waals surface area contributed by atoms with Crippen molar-refractivity contribution < 1.29 is 45.9 Å². The SMILES string of the molecule is [Cl-].[Cl-].[NH-]CCC[NH-].[Pt+4]. The van der Waals surface area contributed by atoms with Crippen LogP contribution in [0.15, 0.2) is 0 Å². The van der Waals surface area contributed by atoms with Crippen LogP contribution < -0.4 is 24.8 Å². The zero-order valence-corrected chi connectivity index (χ0v) is 7.98. The summed E-state index contributed by atoms with van der Waals surface area (Å²) in [5.41, 5.74) is 13.0. The van der Waals surface area contributed by atoms with Gasteiger partial charge in [0.1, 0.15) is 0 Å². The predicted molar refractivity (Wildman–Crippen MR) is 23.0 cm³/mol. The van der Waals surface area contributed by atoms with Crippen LogP contribution in [0.1, 0.15) is 6.42 Å². The van der Waals surface area contributed by atoms with Gasteiger partial charge in [-0.25, -0.2) is 0 Å². The third kappa shape index (κ3) is 27.1. The molecule has 54 valence electrons. The molecule has 0 saturated carbocycles. The first-order valence-electron chi connectivity index (χ1n) is 1.71. The van der Waals surface area contributed by atoms with E-state index in [1.807, 2.05) is 0 Å². The first-order valence-corrected chi connectivity index (χ1v) is 1.71. The number of hydrogen-bond acceptors (Lipinski definition) is 0. The van der Waals surface area contributed by atoms with Gasteiger partial charge in [0.25, 0.3) is 0 Å². The Morgan fingerprint density at radius 3 is 1.12 bits per heavy atom. The van der Waals surface area contributed by atoms with Gasteiger partial charge in [0, 0.05) is 0 Å². The Balaban J connectivity index is -0.0000000267. The quantitative estimate of drug-likeness (QED) is 0.487. The van der Waals surface area contributed by atoms with Gasteiger partial charge in [-0.15, -0.1) is 0 Å². The normalized spacial score (nSPS) is 5.25. The van der Waals surface area contributed by atoms with E-state index in [0.717, 1.165) is 6.42 Å². The fraction of sp³-hybridized carbons (Fsp3) is 1.00. The van der Waals surface area contributed by atoms with Crippen molar-refractivity contribution in [1.29, 1.82) is 0 Å². The molecule has 0 heterocycles. The number of halogens is 2. The molecular formula is C3H8Cl2N2Pt. The minimum absolute atomic E-state index is 0. The summed E-state index contributed by atoms with van der Waals surface area (Å²) in [6.45, 7) is 0.812. The molecule has 8 heavy (non-hydrogen) atoms. The summed E-state index contributed by atoms with van der Waals surface area (Å²) in [5, 5.41) is 0. The molecule has 0 amide bonds. The summed E-state index contributed by atoms with van der Waals surface area (Å²) < 4.78 is 0. The minimum Gasteiger partial charge on any atom is -1.00 e. The summed E-state index contributed by atoms with van der Waals surface area (Å²) in [7, 11) is 0. The van der Waals surface area contributed by atoms with Crippen molar-refractivity contribution in [3.05, 3.63) is 11.5 Å². The van der Waals surface area contributed by atoms with Gasteiger partial charge in [-0.2, -0.15) is 13.1 Å². The van der Waals surface area contributed by atoms with Crippen LogP contribution >= 0.6 is 0 Å². The molecule has 0 fully saturated rings. The van der Waals surface area contributed by atoms with Gasteiger partial charge in [0.15, 0.2) is 0 Å². The summed E-state index contributed by atoms with van der Waals surface area (Å²) in [5.74, 6) is 0. The Hall–Kier alpha value is 1.19. The maximum absolute atomic E-state index is 6.48. The third-order valence-electron chi connectivity index (χ3n) is 0.354. The van der Waals surface area contributed by atoms with Crippen molar-refractivity contribution in [3.63, 3.8) is 0 Å². The largest absolute Gasteiger partial charge is 4.00 e. The van der Waals surface area contributed by atoms with Crippen molar-refractivity contribution >= 4 is 0 Å². The maximum atomic E-state index is 6.48. The summed E-state index contributed by atoms with van der Waals surface area (Å²) >= 11 is 0. The second-order valence-electron chi connectivity index (χ2n) is 0.854. The van der Waals surface area contributed by atoms with Gasteiger partial charge in [-0.3, -0.25) is 0 Å². The smallest absolute Gasteiger partial charge is 1.00 e. The molecule has 0 radical (unpaired) electrons. The van der Waals surface area contributed by atoms with Crippen molar-refractivity contribution in [2.45, 2.75) is 6.42 Å². The van der Waals surface area contributed by atoms with E-state index in [0.29, 0.717) is 13.1 Å². The zero-order valence-electron chi connectivity index (χ0n) is 4.19. The monoisotopic (exact) mass is 337 g/mol. The van der Waals surface area contributed by atoms with E-state index in [2.05, 4.69) is 0 Å². The molecule has 0 unspecified atom stereocenters. The Kier molecular flexibility index (Phi) is 69.0. The minimum atomic E-state index is 0. The topological polar surface area (TPSA) is 47.6 Å². The number of rotatable bonds is 2. The van der Waals surface area contributed by atoms with Gasteiger partial charge in [0.2, 0.25) is 0 Å². The van der Waals surface area contributed by atoms with E-state index in [9.17, 15) is 0 Å². The first kappa shape index (κ1) is 22.9. The van der Waals surface area contributed by atoms with E-state index in [1.54, 1.807) is 0 Å². The molecule has 0 saturated heterocycles. The Morgan fingerprint density at radius 2 is 1.12 bits per heavy atom. The summed E-state index contributed by atoms with van der Waals surface area (Å²) in [6, 6.07) is 0. The fourth-order valence-corrected chi connectivity index (χ4v) is 0.0884. The maximum Gasteiger partial charge on any atom is 4.00 e. The fourth-order valence-electron chi connectivity index (χ4n) is 0.0884. The molecular weight excluding hydrogens is 330 g/mol. The van der Waals surface area contributed by atoms with Crippen molar-refractivity contribution in [3.8, 4) is 0 Å². The van der Waals surface area contributed by atoms with Crippen LogP contribution in [0.5, 0.6) is 0 Å². The molecule has 2 N–H and O–H groups in total. The number of hydrogen-bond donors (Lipinski definition) is 0. The van der Waals surface area contributed by atoms with Crippen molar-refractivity contribution in [1.82, 2.24) is 0 Å². The van der Waals surface area contributed by atoms with Crippen LogP contribution in [0, 0.1) is 0 Å². The molecule has 0 spiro atoms. The van der Waals surface area contributed by atoms with Crippen LogP contribution in [-0.4, -0.2) is 13.1 Å². The average molecular weight is 338 g/mol. The second kappa shape index (κ2) is 24.1. The van der Waals surface area contributed by atoms with Gasteiger partial charge in [0.05, 0.1) is 0 Å². The standard InChI is InChI=1S/C3H8N2.2ClH.Pt/c4-2-1-3-5;;;/h4-5H,1-3H2;2*1H;/q-2;;;+4/p-2. The van der Waals surface area contributed by atoms with Gasteiger partial charge < -0.3 is 36.3 Å². The van der Waals surface area contributed by atoms with Gasteiger partial charge >= 0.3 is 21.1 Å². The van der Waals surface area contributed by atoms with E-state index in [1.165, 1.54) is 0 Å². The summed E-state index contributed by atoms with van der Waals surface area (Å²) in [4.78, 5) is 0. The molecule has 0 rings (SSSR count). The third-order valence-corrected chi connectivity index (χ3v) is 0.354. The molecule has 0 atom stereocenters. The Bertz CT molecular complexity index is 22.8. The van der Waals surface area contributed by atoms with E-state index >= 15 is 0 Å². The molecule has 0 aliphatic carbocycles. The van der Waals surface area contributed by atoms with Crippen molar-refractivity contribution in [2.24, 2.45) is 0 Å². The van der Waals surface area contributed by atoms with Crippen LogP contribution in [-0.2, 0) is 21.1 Å². The van der Waals surface area contributed by atoms with E-state index in [-0.39, 0.29) is 45.9 Å². The molecule has 0 aromatic heterocycles. The molecule has 0 bridgehead atoms. The molecule has 2 nitrogen and oxygen atoms in total. The van der Waals surface area contributed by atoms with Crippen LogP contribution in [0.4, 0.5) is 0 Å². The molecule has 0 aromatic carbocycles. The van der Waals surface area contributed by atoms with Crippen LogP contribution in [0.2, 0.25) is 0 Å². The Labute approximate surface area is 76.8 Å². The van der Waals surface area contributed by atoms with Gasteiger partial charge in [-0.1, -0.05) is 6.42 Å². The molecule has 5 heteroatoms. The molecule has 0 aromatic rings. The van der Waals surface area contributed by atoms with Crippen LogP contribution in [0.25, 0.3) is 11.5 Å². The first-order chi connectivity index (χ1) is 2.41. The van der Waals surface area contributed by atoms with E-state index in [4.69, 9.17) is 11.5 Å². The zero-order chi connectivity index (χ0) is 4.12. The van der Waals surface area contributed by atoms with E-state index < -0.39 is 0 Å². The number of nitrogens with one attached hydrogen (secondary N) is 2. The molecule has 0 aliphatic heterocycles. The average Bonchev–Trinajstić information content (AvgIpc) is 1.41. The predicted octanol–water partition coefficient (Wildman–Crippen LogP) is -4.51. The second-order valence-corrected chi connectivity index (χ2v) is 0.854.